The van der Waals surface area contributed by atoms with Crippen molar-refractivity contribution in [2.45, 2.75) is 85.5 Å². The van der Waals surface area contributed by atoms with E-state index >= 15 is 0 Å². The highest BCUT2D eigenvalue weighted by Crippen LogP contribution is 2.39. The Morgan fingerprint density at radius 1 is 0.588 bits per heavy atom. The van der Waals surface area contributed by atoms with Crippen LogP contribution < -0.4 is 0 Å². The topological polar surface area (TPSA) is 60.7 Å². The summed E-state index contributed by atoms with van der Waals surface area (Å²) in [4.78, 5) is 0. The normalized spacial score (nSPS) is 14.5. The van der Waals surface area contributed by atoms with E-state index in [1.54, 1.807) is 0 Å². The summed E-state index contributed by atoms with van der Waals surface area (Å²) in [5.74, 6) is 1.61. The SMILES string of the molecule is Cc1cc(Cc2cc(C3CCCCC3)cc(Cc3cc(C)c(O)c(C)c3C)c2O)cc(C)c1O. The van der Waals surface area contributed by atoms with Gasteiger partial charge in [0.15, 0.2) is 0 Å². The zero-order valence-corrected chi connectivity index (χ0v) is 21.3. The lowest BCUT2D eigenvalue weighted by atomic mass is 9.81. The van der Waals surface area contributed by atoms with Gasteiger partial charge >= 0.3 is 0 Å². The maximum atomic E-state index is 11.4. The first-order chi connectivity index (χ1) is 16.2. The first kappa shape index (κ1) is 24.2. The highest BCUT2D eigenvalue weighted by atomic mass is 16.3. The average molecular weight is 459 g/mol. The highest BCUT2D eigenvalue weighted by Gasteiger charge is 2.21. The van der Waals surface area contributed by atoms with Crippen LogP contribution in [0.5, 0.6) is 17.2 Å². The van der Waals surface area contributed by atoms with E-state index in [1.165, 1.54) is 37.7 Å². The molecular formula is C31H38O3. The Morgan fingerprint density at radius 2 is 1.15 bits per heavy atom. The van der Waals surface area contributed by atoms with Crippen LogP contribution in [0.1, 0.15) is 93.7 Å². The molecule has 1 aliphatic carbocycles. The third-order valence-electron chi connectivity index (χ3n) is 7.86. The lowest BCUT2D eigenvalue weighted by Crippen LogP contribution is -2.07. The maximum absolute atomic E-state index is 11.4. The van der Waals surface area contributed by atoms with Crippen molar-refractivity contribution in [2.24, 2.45) is 0 Å². The Bertz CT molecular complexity index is 1190. The summed E-state index contributed by atoms with van der Waals surface area (Å²) in [5.41, 5.74) is 10.1. The summed E-state index contributed by atoms with van der Waals surface area (Å²) in [5, 5.41) is 32.0. The van der Waals surface area contributed by atoms with Crippen LogP contribution >= 0.6 is 0 Å². The van der Waals surface area contributed by atoms with E-state index in [1.807, 2.05) is 39.8 Å². The number of phenolic OH excluding ortho intramolecular Hbond substituents is 3. The minimum atomic E-state index is 0.346. The molecule has 180 valence electrons. The molecule has 1 saturated carbocycles. The Morgan fingerprint density at radius 3 is 1.76 bits per heavy atom. The quantitative estimate of drug-likeness (QED) is 0.369. The molecule has 0 spiro atoms. The molecular weight excluding hydrogens is 420 g/mol. The standard InChI is InChI=1S/C31H38O3/c1-18-11-23(12-19(2)29(18)32)14-27-16-26(24-9-7-6-8-10-24)17-28(31(27)34)15-25-13-20(3)30(33)22(5)21(25)4/h11-13,16-17,24,32-34H,6-10,14-15H2,1-5H3. The van der Waals surface area contributed by atoms with Gasteiger partial charge in [0.2, 0.25) is 0 Å². The van der Waals surface area contributed by atoms with Crippen LogP contribution in [0.25, 0.3) is 0 Å². The van der Waals surface area contributed by atoms with E-state index in [2.05, 4.69) is 25.1 Å². The fourth-order valence-corrected chi connectivity index (χ4v) is 5.64. The van der Waals surface area contributed by atoms with Crippen LogP contribution in [0, 0.1) is 34.6 Å². The molecule has 0 aliphatic heterocycles. The maximum Gasteiger partial charge on any atom is 0.122 e. The predicted molar refractivity (Wildman–Crippen MR) is 139 cm³/mol. The number of hydrogen-bond donors (Lipinski definition) is 3. The van der Waals surface area contributed by atoms with Gasteiger partial charge in [-0.05, 0) is 109 Å². The number of aromatic hydroxyl groups is 3. The van der Waals surface area contributed by atoms with Gasteiger partial charge < -0.3 is 15.3 Å². The smallest absolute Gasteiger partial charge is 0.122 e. The lowest BCUT2D eigenvalue weighted by Gasteiger charge is -2.24. The Labute approximate surface area is 204 Å². The summed E-state index contributed by atoms with van der Waals surface area (Å²) in [6.45, 7) is 9.79. The number of phenols is 3. The third-order valence-corrected chi connectivity index (χ3v) is 7.86. The van der Waals surface area contributed by atoms with Crippen molar-refractivity contribution in [1.29, 1.82) is 0 Å². The van der Waals surface area contributed by atoms with Gasteiger partial charge in [-0.15, -0.1) is 0 Å². The molecule has 3 N–H and O–H groups in total. The summed E-state index contributed by atoms with van der Waals surface area (Å²) in [6.07, 6.45) is 7.53. The van der Waals surface area contributed by atoms with Crippen molar-refractivity contribution in [3.63, 3.8) is 0 Å². The van der Waals surface area contributed by atoms with Gasteiger partial charge in [-0.3, -0.25) is 0 Å². The van der Waals surface area contributed by atoms with Crippen molar-refractivity contribution < 1.29 is 15.3 Å². The predicted octanol–water partition coefficient (Wildman–Crippen LogP) is 7.57. The summed E-state index contributed by atoms with van der Waals surface area (Å²) >= 11 is 0. The molecule has 3 aromatic carbocycles. The van der Waals surface area contributed by atoms with Gasteiger partial charge in [-0.25, -0.2) is 0 Å². The van der Waals surface area contributed by atoms with Crippen molar-refractivity contribution in [3.05, 3.63) is 86.0 Å². The van der Waals surface area contributed by atoms with Crippen molar-refractivity contribution in [1.82, 2.24) is 0 Å². The molecule has 0 atom stereocenters. The van der Waals surface area contributed by atoms with Gasteiger partial charge in [0.05, 0.1) is 0 Å². The summed E-state index contributed by atoms with van der Waals surface area (Å²) in [7, 11) is 0. The molecule has 0 aromatic heterocycles. The van der Waals surface area contributed by atoms with Crippen molar-refractivity contribution >= 4 is 0 Å². The first-order valence-electron chi connectivity index (χ1n) is 12.6. The van der Waals surface area contributed by atoms with E-state index in [4.69, 9.17) is 0 Å². The Hall–Kier alpha value is -2.94. The van der Waals surface area contributed by atoms with Crippen LogP contribution in [0.15, 0.2) is 30.3 Å². The second-order valence-corrected chi connectivity index (χ2v) is 10.4. The monoisotopic (exact) mass is 458 g/mol. The number of aryl methyl sites for hydroxylation is 3. The van der Waals surface area contributed by atoms with E-state index in [0.29, 0.717) is 36.0 Å². The van der Waals surface area contributed by atoms with Gasteiger partial charge in [0.1, 0.15) is 17.2 Å². The van der Waals surface area contributed by atoms with Gasteiger partial charge in [0, 0.05) is 12.8 Å². The number of benzene rings is 3. The number of hydrogen-bond acceptors (Lipinski definition) is 3. The molecule has 34 heavy (non-hydrogen) atoms. The molecule has 4 rings (SSSR count). The minimum absolute atomic E-state index is 0.346. The van der Waals surface area contributed by atoms with E-state index in [9.17, 15) is 15.3 Å². The molecule has 0 bridgehead atoms. The second-order valence-electron chi connectivity index (χ2n) is 10.4. The van der Waals surface area contributed by atoms with Gasteiger partial charge in [-0.2, -0.15) is 0 Å². The Kier molecular flexibility index (Phi) is 6.93. The molecule has 0 saturated heterocycles. The molecule has 0 unspecified atom stereocenters. The second kappa shape index (κ2) is 9.74. The highest BCUT2D eigenvalue weighted by molar-refractivity contribution is 5.54. The third kappa shape index (κ3) is 4.80. The van der Waals surface area contributed by atoms with Crippen LogP contribution in [-0.4, -0.2) is 15.3 Å². The van der Waals surface area contributed by atoms with Crippen LogP contribution in [0.2, 0.25) is 0 Å². The fraction of sp³-hybridized carbons (Fsp3) is 0.419. The molecule has 0 heterocycles. The van der Waals surface area contributed by atoms with Crippen LogP contribution in [0.4, 0.5) is 0 Å². The molecule has 1 aliphatic rings. The average Bonchev–Trinajstić information content (AvgIpc) is 2.82. The summed E-state index contributed by atoms with van der Waals surface area (Å²) in [6, 6.07) is 10.5. The fourth-order valence-electron chi connectivity index (χ4n) is 5.64. The minimum Gasteiger partial charge on any atom is -0.507 e. The first-order valence-corrected chi connectivity index (χ1v) is 12.6. The van der Waals surface area contributed by atoms with E-state index in [-0.39, 0.29) is 0 Å². The molecule has 3 nitrogen and oxygen atoms in total. The molecule has 0 radical (unpaired) electrons. The van der Waals surface area contributed by atoms with Crippen LogP contribution in [-0.2, 0) is 12.8 Å². The zero-order valence-electron chi connectivity index (χ0n) is 21.3. The molecule has 3 heteroatoms. The number of rotatable bonds is 5. The lowest BCUT2D eigenvalue weighted by molar-refractivity contribution is 0.439. The van der Waals surface area contributed by atoms with Crippen LogP contribution in [0.3, 0.4) is 0 Å². The van der Waals surface area contributed by atoms with Crippen molar-refractivity contribution in [3.8, 4) is 17.2 Å². The van der Waals surface area contributed by atoms with Gasteiger partial charge in [-0.1, -0.05) is 49.6 Å². The molecule has 3 aromatic rings. The van der Waals surface area contributed by atoms with E-state index in [0.717, 1.165) is 50.1 Å². The largest absolute Gasteiger partial charge is 0.507 e. The van der Waals surface area contributed by atoms with Gasteiger partial charge in [0.25, 0.3) is 0 Å². The van der Waals surface area contributed by atoms with E-state index < -0.39 is 0 Å². The molecule has 0 amide bonds. The summed E-state index contributed by atoms with van der Waals surface area (Å²) < 4.78 is 0. The molecule has 1 fully saturated rings. The van der Waals surface area contributed by atoms with Crippen molar-refractivity contribution in [2.75, 3.05) is 0 Å². The Balaban J connectivity index is 1.78. The zero-order chi connectivity index (χ0) is 24.6.